The smallest absolute Gasteiger partial charge is 0.234 e. The van der Waals surface area contributed by atoms with Crippen LogP contribution in [0.2, 0.25) is 0 Å². The summed E-state index contributed by atoms with van der Waals surface area (Å²) in [5, 5.41) is 5.95. The predicted octanol–water partition coefficient (Wildman–Crippen LogP) is 0.846. The summed E-state index contributed by atoms with van der Waals surface area (Å²) >= 11 is 0. The van der Waals surface area contributed by atoms with E-state index in [1.807, 2.05) is 6.07 Å². The minimum atomic E-state index is -0.192. The van der Waals surface area contributed by atoms with Gasteiger partial charge in [0, 0.05) is 12.6 Å². The number of benzene rings is 1. The molecule has 1 saturated heterocycles. The molecule has 0 spiro atoms. The number of rotatable bonds is 3. The van der Waals surface area contributed by atoms with Gasteiger partial charge in [0.05, 0.1) is 6.54 Å². The molecule has 1 fully saturated rings. The molecule has 0 aromatic heterocycles. The summed E-state index contributed by atoms with van der Waals surface area (Å²) in [5.74, 6) is -0.149. The van der Waals surface area contributed by atoms with Crippen LogP contribution in [0.25, 0.3) is 0 Å². The molecule has 3 nitrogen and oxygen atoms in total. The summed E-state index contributed by atoms with van der Waals surface area (Å²) in [6.45, 7) is 1.04. The Hall–Kier alpha value is -1.42. The Morgan fingerprint density at radius 3 is 3.00 bits per heavy atom. The van der Waals surface area contributed by atoms with Crippen molar-refractivity contribution in [1.29, 1.82) is 0 Å². The first-order chi connectivity index (χ1) is 7.74. The molecule has 0 bridgehead atoms. The normalized spacial score (nSPS) is 20.6. The van der Waals surface area contributed by atoms with Crippen LogP contribution in [0.3, 0.4) is 0 Å². The average molecular weight is 222 g/mol. The van der Waals surface area contributed by atoms with Gasteiger partial charge in [0.2, 0.25) is 5.91 Å². The monoisotopic (exact) mass is 222 g/mol. The van der Waals surface area contributed by atoms with Crippen LogP contribution in [0, 0.1) is 5.82 Å². The number of carbonyl (C=O) groups is 1. The number of halogens is 1. The van der Waals surface area contributed by atoms with E-state index in [4.69, 9.17) is 0 Å². The van der Waals surface area contributed by atoms with E-state index in [0.717, 1.165) is 18.4 Å². The van der Waals surface area contributed by atoms with E-state index in [1.165, 1.54) is 6.07 Å². The van der Waals surface area contributed by atoms with Crippen LogP contribution in [-0.4, -0.2) is 25.0 Å². The molecule has 0 saturated carbocycles. The maximum absolute atomic E-state index is 12.9. The van der Waals surface area contributed by atoms with Gasteiger partial charge in [0.25, 0.3) is 0 Å². The van der Waals surface area contributed by atoms with Crippen LogP contribution in [0.5, 0.6) is 0 Å². The van der Waals surface area contributed by atoms with E-state index >= 15 is 0 Å². The van der Waals surface area contributed by atoms with Crippen LogP contribution < -0.4 is 10.6 Å². The lowest BCUT2D eigenvalue weighted by atomic mass is 10.0. The number of amides is 1. The molecule has 1 aromatic rings. The maximum Gasteiger partial charge on any atom is 0.234 e. The third-order valence-electron chi connectivity index (χ3n) is 2.77. The zero-order valence-electron chi connectivity index (χ0n) is 9.00. The first-order valence-corrected chi connectivity index (χ1v) is 5.48. The number of hydrogen-bond donors (Lipinski definition) is 2. The summed E-state index contributed by atoms with van der Waals surface area (Å²) in [6, 6.07) is 6.94. The third kappa shape index (κ3) is 3.03. The first-order valence-electron chi connectivity index (χ1n) is 5.48. The second kappa shape index (κ2) is 5.07. The lowest BCUT2D eigenvalue weighted by Crippen LogP contribution is -2.51. The molecular weight excluding hydrogens is 207 g/mol. The molecule has 1 aromatic carbocycles. The topological polar surface area (TPSA) is 41.1 Å². The zero-order valence-corrected chi connectivity index (χ0v) is 9.00. The Kier molecular flexibility index (Phi) is 3.51. The Bertz CT molecular complexity index is 371. The van der Waals surface area contributed by atoms with Crippen LogP contribution in [0.4, 0.5) is 4.39 Å². The molecule has 86 valence electrons. The van der Waals surface area contributed by atoms with Crippen molar-refractivity contribution in [3.63, 3.8) is 0 Å². The fourth-order valence-corrected chi connectivity index (χ4v) is 1.85. The molecule has 2 N–H and O–H groups in total. The average Bonchev–Trinajstić information content (AvgIpc) is 2.28. The van der Waals surface area contributed by atoms with Crippen molar-refractivity contribution in [2.24, 2.45) is 0 Å². The molecule has 1 aliphatic rings. The van der Waals surface area contributed by atoms with Crippen LogP contribution in [-0.2, 0) is 11.2 Å². The highest BCUT2D eigenvalue weighted by Gasteiger charge is 2.16. The highest BCUT2D eigenvalue weighted by Crippen LogP contribution is 2.08. The highest BCUT2D eigenvalue weighted by molar-refractivity contribution is 5.78. The van der Waals surface area contributed by atoms with Crippen molar-refractivity contribution in [2.75, 3.05) is 13.1 Å². The van der Waals surface area contributed by atoms with Crippen LogP contribution >= 0.6 is 0 Å². The second-order valence-electron chi connectivity index (χ2n) is 4.05. The lowest BCUT2D eigenvalue weighted by molar-refractivity contribution is -0.121. The van der Waals surface area contributed by atoms with Gasteiger partial charge in [-0.25, -0.2) is 4.39 Å². The number of nitrogens with one attached hydrogen (secondary N) is 2. The van der Waals surface area contributed by atoms with Gasteiger partial charge in [0.1, 0.15) is 5.82 Å². The minimum Gasteiger partial charge on any atom is -0.353 e. The van der Waals surface area contributed by atoms with Gasteiger partial charge in [0.15, 0.2) is 0 Å². The number of aryl methyl sites for hydroxylation is 1. The fraction of sp³-hybridized carbons (Fsp3) is 0.417. The predicted molar refractivity (Wildman–Crippen MR) is 59.5 cm³/mol. The summed E-state index contributed by atoms with van der Waals surface area (Å²) in [6.07, 6.45) is 1.73. The molecule has 1 unspecified atom stereocenters. The molecular formula is C12H15FN2O. The van der Waals surface area contributed by atoms with Gasteiger partial charge in [-0.15, -0.1) is 0 Å². The number of carbonyl (C=O) groups excluding carboxylic acids is 1. The van der Waals surface area contributed by atoms with Crippen molar-refractivity contribution >= 4 is 5.91 Å². The molecule has 0 radical (unpaired) electrons. The SMILES string of the molecule is O=C1CNC(CCc2cccc(F)c2)CN1. The summed E-state index contributed by atoms with van der Waals surface area (Å²) in [4.78, 5) is 10.9. The Morgan fingerprint density at radius 1 is 1.44 bits per heavy atom. The lowest BCUT2D eigenvalue weighted by Gasteiger charge is -2.23. The van der Waals surface area contributed by atoms with Gasteiger partial charge in [-0.2, -0.15) is 0 Å². The molecule has 4 heteroatoms. The molecule has 2 rings (SSSR count). The molecule has 1 heterocycles. The minimum absolute atomic E-state index is 0.0435. The molecule has 1 atom stereocenters. The van der Waals surface area contributed by atoms with E-state index in [0.29, 0.717) is 19.1 Å². The second-order valence-corrected chi connectivity index (χ2v) is 4.05. The van der Waals surface area contributed by atoms with Gasteiger partial charge >= 0.3 is 0 Å². The first kappa shape index (κ1) is 11.1. The van der Waals surface area contributed by atoms with Crippen molar-refractivity contribution in [2.45, 2.75) is 18.9 Å². The van der Waals surface area contributed by atoms with Gasteiger partial charge in [-0.3, -0.25) is 4.79 Å². The Balaban J connectivity index is 1.81. The summed E-state index contributed by atoms with van der Waals surface area (Å²) < 4.78 is 12.9. The molecule has 16 heavy (non-hydrogen) atoms. The van der Waals surface area contributed by atoms with E-state index in [2.05, 4.69) is 10.6 Å². The largest absolute Gasteiger partial charge is 0.353 e. The Morgan fingerprint density at radius 2 is 2.31 bits per heavy atom. The fourth-order valence-electron chi connectivity index (χ4n) is 1.85. The summed E-state index contributed by atoms with van der Waals surface area (Å²) in [5.41, 5.74) is 0.999. The van der Waals surface area contributed by atoms with Crippen LogP contribution in [0.1, 0.15) is 12.0 Å². The van der Waals surface area contributed by atoms with Crippen molar-refractivity contribution in [1.82, 2.24) is 10.6 Å². The van der Waals surface area contributed by atoms with E-state index in [-0.39, 0.29) is 11.7 Å². The van der Waals surface area contributed by atoms with Crippen molar-refractivity contribution in [3.05, 3.63) is 35.6 Å². The molecule has 1 amide bonds. The van der Waals surface area contributed by atoms with Crippen LogP contribution in [0.15, 0.2) is 24.3 Å². The van der Waals surface area contributed by atoms with E-state index in [1.54, 1.807) is 12.1 Å². The van der Waals surface area contributed by atoms with Crippen molar-refractivity contribution < 1.29 is 9.18 Å². The van der Waals surface area contributed by atoms with Gasteiger partial charge in [-0.1, -0.05) is 12.1 Å². The van der Waals surface area contributed by atoms with Crippen molar-refractivity contribution in [3.8, 4) is 0 Å². The standard InChI is InChI=1S/C12H15FN2O/c13-10-3-1-2-9(6-10)4-5-11-7-15-12(16)8-14-11/h1-3,6,11,14H,4-5,7-8H2,(H,15,16). The zero-order chi connectivity index (χ0) is 11.4. The summed E-state index contributed by atoms with van der Waals surface area (Å²) in [7, 11) is 0. The van der Waals surface area contributed by atoms with E-state index in [9.17, 15) is 9.18 Å². The van der Waals surface area contributed by atoms with Gasteiger partial charge in [-0.05, 0) is 30.5 Å². The number of hydrogen-bond acceptors (Lipinski definition) is 2. The maximum atomic E-state index is 12.9. The quantitative estimate of drug-likeness (QED) is 0.796. The Labute approximate surface area is 94.0 Å². The van der Waals surface area contributed by atoms with E-state index < -0.39 is 0 Å². The molecule has 1 aliphatic heterocycles. The third-order valence-corrected chi connectivity index (χ3v) is 2.77. The molecule has 0 aliphatic carbocycles. The highest BCUT2D eigenvalue weighted by atomic mass is 19.1. The number of piperazine rings is 1. The van der Waals surface area contributed by atoms with Gasteiger partial charge < -0.3 is 10.6 Å².